The van der Waals surface area contributed by atoms with Crippen LogP contribution in [-0.4, -0.2) is 40.9 Å². The predicted molar refractivity (Wildman–Crippen MR) is 143 cm³/mol. The molecule has 4 rings (SSSR count). The maximum Gasteiger partial charge on any atom is 0.393 e. The number of amides is 1. The summed E-state index contributed by atoms with van der Waals surface area (Å²) >= 11 is 19.5. The molecule has 1 amide bonds. The summed E-state index contributed by atoms with van der Waals surface area (Å²) in [5.74, 6) is -1.64. The van der Waals surface area contributed by atoms with Crippen LogP contribution in [0.15, 0.2) is 24.3 Å². The fourth-order valence-electron chi connectivity index (χ4n) is 4.76. The minimum atomic E-state index is -4.43. The van der Waals surface area contributed by atoms with Crippen LogP contribution in [0.2, 0.25) is 15.1 Å². The Bertz CT molecular complexity index is 1410. The van der Waals surface area contributed by atoms with E-state index in [1.165, 1.54) is 0 Å². The third-order valence-corrected chi connectivity index (χ3v) is 8.11. The average molecular weight is 630 g/mol. The Hall–Kier alpha value is -2.37. The van der Waals surface area contributed by atoms with E-state index < -0.39 is 37.0 Å². The lowest BCUT2D eigenvalue weighted by Gasteiger charge is -2.35. The lowest BCUT2D eigenvalue weighted by Crippen LogP contribution is -2.41. The number of imidazole rings is 1. The van der Waals surface area contributed by atoms with Gasteiger partial charge < -0.3 is 14.8 Å². The monoisotopic (exact) mass is 628 g/mol. The second-order valence-electron chi connectivity index (χ2n) is 9.77. The van der Waals surface area contributed by atoms with Gasteiger partial charge in [0.05, 0.1) is 39.1 Å². The van der Waals surface area contributed by atoms with Gasteiger partial charge in [-0.3, -0.25) is 4.79 Å². The van der Waals surface area contributed by atoms with Crippen LogP contribution in [0, 0.1) is 5.92 Å². The molecule has 1 fully saturated rings. The number of nitrogens with zero attached hydrogens (tertiary/aromatic N) is 3. The number of benzene rings is 2. The van der Waals surface area contributed by atoms with Gasteiger partial charge in [0.15, 0.2) is 0 Å². The highest BCUT2D eigenvalue weighted by Crippen LogP contribution is 2.39. The molecule has 3 aromatic rings. The molecular formula is C26H25Cl3F6N4O. The molecule has 0 spiro atoms. The summed E-state index contributed by atoms with van der Waals surface area (Å²) in [6, 6.07) is 6.49. The molecule has 1 saturated heterocycles. The SMILES string of the molecule is Cn1c(Cc2c(Cl)ccc(CNC(=O)CCC(F)(F)F)c2Cl)nc2cc(Cl)c(N3CCCC(C(F)(F)F)C3)cc21. The third kappa shape index (κ3) is 7.09. The number of hydrogen-bond donors (Lipinski definition) is 1. The van der Waals surface area contributed by atoms with Crippen LogP contribution in [0.4, 0.5) is 32.0 Å². The van der Waals surface area contributed by atoms with E-state index in [4.69, 9.17) is 34.8 Å². The Morgan fingerprint density at radius 3 is 2.50 bits per heavy atom. The van der Waals surface area contributed by atoms with Crippen molar-refractivity contribution in [2.24, 2.45) is 13.0 Å². The van der Waals surface area contributed by atoms with Crippen molar-refractivity contribution in [3.63, 3.8) is 0 Å². The number of rotatable bonds is 7. The van der Waals surface area contributed by atoms with Gasteiger partial charge in [-0.2, -0.15) is 26.3 Å². The number of carbonyl (C=O) groups is 1. The van der Waals surface area contributed by atoms with Crippen molar-refractivity contribution in [1.82, 2.24) is 14.9 Å². The van der Waals surface area contributed by atoms with E-state index in [1.54, 1.807) is 40.8 Å². The molecule has 1 aliphatic rings. The Balaban J connectivity index is 1.56. The van der Waals surface area contributed by atoms with Crippen LogP contribution in [0.3, 0.4) is 0 Å². The van der Waals surface area contributed by atoms with Gasteiger partial charge in [-0.05, 0) is 42.2 Å². The topological polar surface area (TPSA) is 50.2 Å². The summed E-state index contributed by atoms with van der Waals surface area (Å²) in [7, 11) is 1.75. The molecule has 1 N–H and O–H groups in total. The number of nitrogens with one attached hydrogen (secondary N) is 1. The van der Waals surface area contributed by atoms with Crippen LogP contribution in [-0.2, 0) is 24.8 Å². The van der Waals surface area contributed by atoms with Crippen LogP contribution >= 0.6 is 34.8 Å². The van der Waals surface area contributed by atoms with Crippen molar-refractivity contribution in [2.75, 3.05) is 18.0 Å². The summed E-state index contributed by atoms with van der Waals surface area (Å²) in [6.07, 6.45) is -9.99. The second kappa shape index (κ2) is 11.9. The van der Waals surface area contributed by atoms with Crippen molar-refractivity contribution >= 4 is 57.4 Å². The Morgan fingerprint density at radius 2 is 1.82 bits per heavy atom. The standard InChI is InChI=1S/C26H25Cl3F6N4O/c1-38-21-11-20(39-8-2-3-15(13-39)26(33,34)35)18(28)10-19(21)37-22(38)9-16-17(27)5-4-14(24(16)29)12-36-23(40)6-7-25(30,31)32/h4-5,10-11,15H,2-3,6-9,12-13H2,1H3,(H,36,40). The maximum atomic E-state index is 13.4. The number of hydrogen-bond acceptors (Lipinski definition) is 3. The van der Waals surface area contributed by atoms with Gasteiger partial charge in [-0.1, -0.05) is 40.9 Å². The summed E-state index contributed by atoms with van der Waals surface area (Å²) in [6.45, 7) is 0.188. The molecule has 0 saturated carbocycles. The van der Waals surface area contributed by atoms with Crippen molar-refractivity contribution in [1.29, 1.82) is 0 Å². The first-order valence-electron chi connectivity index (χ1n) is 12.4. The van der Waals surface area contributed by atoms with Crippen molar-refractivity contribution in [3.05, 3.63) is 56.3 Å². The minimum absolute atomic E-state index is 0.0769. The van der Waals surface area contributed by atoms with Gasteiger partial charge in [0.1, 0.15) is 5.82 Å². The van der Waals surface area contributed by atoms with Crippen molar-refractivity contribution in [2.45, 2.75) is 51.0 Å². The predicted octanol–water partition coefficient (Wildman–Crippen LogP) is 7.86. The molecule has 14 heteroatoms. The van der Waals surface area contributed by atoms with Gasteiger partial charge in [0.2, 0.25) is 5.91 Å². The summed E-state index contributed by atoms with van der Waals surface area (Å²) in [5.41, 5.74) is 2.66. The zero-order valence-electron chi connectivity index (χ0n) is 21.2. The second-order valence-corrected chi connectivity index (χ2v) is 11.0. The molecule has 218 valence electrons. The van der Waals surface area contributed by atoms with Crippen LogP contribution in [0.5, 0.6) is 0 Å². The first-order chi connectivity index (χ1) is 18.6. The fourth-order valence-corrected chi connectivity index (χ4v) is 5.60. The lowest BCUT2D eigenvalue weighted by atomic mass is 9.97. The van der Waals surface area contributed by atoms with Gasteiger partial charge in [-0.25, -0.2) is 4.98 Å². The molecule has 2 aromatic carbocycles. The molecule has 0 aliphatic carbocycles. The van der Waals surface area contributed by atoms with E-state index in [0.29, 0.717) is 56.7 Å². The average Bonchev–Trinajstić information content (AvgIpc) is 3.17. The zero-order valence-corrected chi connectivity index (χ0v) is 23.5. The van der Waals surface area contributed by atoms with E-state index >= 15 is 0 Å². The van der Waals surface area contributed by atoms with Gasteiger partial charge in [0, 0.05) is 44.5 Å². The molecule has 1 aliphatic heterocycles. The molecule has 0 bridgehead atoms. The Labute approximate surface area is 241 Å². The largest absolute Gasteiger partial charge is 0.393 e. The molecule has 0 radical (unpaired) electrons. The summed E-state index contributed by atoms with van der Waals surface area (Å²) < 4.78 is 79.0. The molecule has 1 atom stereocenters. The lowest BCUT2D eigenvalue weighted by molar-refractivity contribution is -0.176. The molecule has 2 heterocycles. The number of aromatic nitrogens is 2. The summed E-state index contributed by atoms with van der Waals surface area (Å²) in [5, 5.41) is 3.29. The highest BCUT2D eigenvalue weighted by molar-refractivity contribution is 6.36. The first kappa shape index (κ1) is 30.6. The number of anilines is 1. The minimum Gasteiger partial charge on any atom is -0.370 e. The van der Waals surface area contributed by atoms with E-state index in [0.717, 1.165) is 0 Å². The Kier molecular flexibility index (Phi) is 9.06. The Morgan fingerprint density at radius 1 is 1.10 bits per heavy atom. The number of piperidine rings is 1. The van der Waals surface area contributed by atoms with E-state index in [2.05, 4.69) is 10.3 Å². The molecular weight excluding hydrogens is 605 g/mol. The summed E-state index contributed by atoms with van der Waals surface area (Å²) in [4.78, 5) is 18.1. The van der Waals surface area contributed by atoms with Gasteiger partial charge in [-0.15, -0.1) is 0 Å². The van der Waals surface area contributed by atoms with E-state index in [-0.39, 0.29) is 31.0 Å². The normalized spacial score (nSPS) is 16.6. The third-order valence-electron chi connectivity index (χ3n) is 6.98. The van der Waals surface area contributed by atoms with E-state index in [1.807, 2.05) is 0 Å². The fraction of sp³-hybridized carbons (Fsp3) is 0.462. The molecule has 40 heavy (non-hydrogen) atoms. The number of fused-ring (bicyclic) bond motifs is 1. The maximum absolute atomic E-state index is 13.4. The molecule has 5 nitrogen and oxygen atoms in total. The van der Waals surface area contributed by atoms with Crippen LogP contribution in [0.1, 0.15) is 42.6 Å². The highest BCUT2D eigenvalue weighted by Gasteiger charge is 2.42. The van der Waals surface area contributed by atoms with Crippen LogP contribution < -0.4 is 10.2 Å². The number of alkyl halides is 6. The number of aryl methyl sites for hydroxylation is 1. The molecule has 1 aromatic heterocycles. The highest BCUT2D eigenvalue weighted by atomic mass is 35.5. The zero-order chi connectivity index (χ0) is 29.4. The van der Waals surface area contributed by atoms with Gasteiger partial charge in [0.25, 0.3) is 0 Å². The number of halogens is 9. The smallest absolute Gasteiger partial charge is 0.370 e. The number of carbonyl (C=O) groups excluding carboxylic acids is 1. The quantitative estimate of drug-likeness (QED) is 0.271. The van der Waals surface area contributed by atoms with Gasteiger partial charge >= 0.3 is 12.4 Å². The first-order valence-corrected chi connectivity index (χ1v) is 13.5. The van der Waals surface area contributed by atoms with Crippen molar-refractivity contribution < 1.29 is 31.1 Å². The molecule has 1 unspecified atom stereocenters. The van der Waals surface area contributed by atoms with E-state index in [9.17, 15) is 31.1 Å². The van der Waals surface area contributed by atoms with Crippen molar-refractivity contribution in [3.8, 4) is 0 Å². The van der Waals surface area contributed by atoms with Crippen LogP contribution in [0.25, 0.3) is 11.0 Å².